The van der Waals surface area contributed by atoms with Crippen LogP contribution in [0, 0.1) is 0 Å². The summed E-state index contributed by atoms with van der Waals surface area (Å²) in [6, 6.07) is 28.7. The SMILES string of the molecule is O=C(O)C(Cc1ccccc1)Nc1cc(-c2ccc(CNc3ccccc3)cc2)ncn1. The van der Waals surface area contributed by atoms with E-state index in [2.05, 4.69) is 32.7 Å². The number of carbonyl (C=O) groups is 1. The number of benzene rings is 3. The molecule has 0 bridgehead atoms. The number of nitrogens with one attached hydrogen (secondary N) is 2. The number of aliphatic carboxylic acids is 1. The van der Waals surface area contributed by atoms with Crippen LogP contribution in [-0.4, -0.2) is 27.1 Å². The quantitative estimate of drug-likeness (QED) is 0.356. The Hall–Kier alpha value is -4.19. The molecule has 0 aliphatic heterocycles. The number of carboxylic acids is 1. The molecule has 0 radical (unpaired) electrons. The van der Waals surface area contributed by atoms with Gasteiger partial charge in [-0.1, -0.05) is 72.8 Å². The second kappa shape index (κ2) is 10.2. The molecule has 1 atom stereocenters. The lowest BCUT2D eigenvalue weighted by Gasteiger charge is -2.15. The minimum atomic E-state index is -0.927. The van der Waals surface area contributed by atoms with E-state index < -0.39 is 12.0 Å². The van der Waals surface area contributed by atoms with Crippen LogP contribution in [-0.2, 0) is 17.8 Å². The lowest BCUT2D eigenvalue weighted by Crippen LogP contribution is -2.31. The zero-order valence-corrected chi connectivity index (χ0v) is 17.5. The summed E-state index contributed by atoms with van der Waals surface area (Å²) in [5.41, 5.74) is 4.84. The molecular weight excluding hydrogens is 400 g/mol. The van der Waals surface area contributed by atoms with Crippen molar-refractivity contribution in [3.63, 3.8) is 0 Å². The van der Waals surface area contributed by atoms with E-state index in [9.17, 15) is 9.90 Å². The average Bonchev–Trinajstić information content (AvgIpc) is 2.84. The van der Waals surface area contributed by atoms with Gasteiger partial charge in [0.05, 0.1) is 5.69 Å². The molecule has 3 N–H and O–H groups in total. The third-order valence-electron chi connectivity index (χ3n) is 5.09. The first-order valence-electron chi connectivity index (χ1n) is 10.4. The fourth-order valence-electron chi connectivity index (χ4n) is 3.38. The highest BCUT2D eigenvalue weighted by atomic mass is 16.4. The Labute approximate surface area is 187 Å². The summed E-state index contributed by atoms with van der Waals surface area (Å²) in [6.07, 6.45) is 1.81. The molecule has 1 heterocycles. The zero-order chi connectivity index (χ0) is 22.2. The molecule has 4 aromatic rings. The van der Waals surface area contributed by atoms with Gasteiger partial charge in [0.2, 0.25) is 0 Å². The standard InChI is InChI=1S/C26H24N4O2/c31-26(32)24(15-19-7-3-1-4-8-19)30-25-16-23(28-18-29-25)21-13-11-20(12-14-21)17-27-22-9-5-2-6-10-22/h1-14,16,18,24,27H,15,17H2,(H,31,32)(H,28,29,30). The molecule has 4 rings (SSSR count). The fourth-order valence-corrected chi connectivity index (χ4v) is 3.38. The maximum atomic E-state index is 11.8. The van der Waals surface area contributed by atoms with Gasteiger partial charge < -0.3 is 15.7 Å². The Morgan fingerprint density at radius 3 is 2.22 bits per heavy atom. The number of nitrogens with zero attached hydrogens (tertiary/aromatic N) is 2. The van der Waals surface area contributed by atoms with Gasteiger partial charge in [-0.15, -0.1) is 0 Å². The van der Waals surface area contributed by atoms with Crippen LogP contribution in [0.25, 0.3) is 11.3 Å². The second-order valence-electron chi connectivity index (χ2n) is 7.43. The number of hydrogen-bond acceptors (Lipinski definition) is 5. The number of aromatic nitrogens is 2. The smallest absolute Gasteiger partial charge is 0.326 e. The van der Waals surface area contributed by atoms with Crippen molar-refractivity contribution < 1.29 is 9.90 Å². The van der Waals surface area contributed by atoms with E-state index >= 15 is 0 Å². The molecule has 0 aliphatic rings. The van der Waals surface area contributed by atoms with Crippen molar-refractivity contribution in [2.75, 3.05) is 10.6 Å². The van der Waals surface area contributed by atoms with E-state index in [-0.39, 0.29) is 0 Å². The minimum absolute atomic E-state index is 0.360. The molecule has 0 aliphatic carbocycles. The van der Waals surface area contributed by atoms with Gasteiger partial charge in [0.1, 0.15) is 18.2 Å². The van der Waals surface area contributed by atoms with Crippen LogP contribution in [0.1, 0.15) is 11.1 Å². The minimum Gasteiger partial charge on any atom is -0.480 e. The number of para-hydroxylation sites is 1. The molecule has 6 nitrogen and oxygen atoms in total. The van der Waals surface area contributed by atoms with Crippen LogP contribution in [0.5, 0.6) is 0 Å². The van der Waals surface area contributed by atoms with Crippen LogP contribution in [0.2, 0.25) is 0 Å². The average molecular weight is 425 g/mol. The Morgan fingerprint density at radius 1 is 0.844 bits per heavy atom. The molecule has 6 heteroatoms. The lowest BCUT2D eigenvalue weighted by molar-refractivity contribution is -0.137. The summed E-state index contributed by atoms with van der Waals surface area (Å²) in [5.74, 6) is -0.447. The molecule has 0 saturated heterocycles. The molecule has 0 spiro atoms. The molecule has 0 amide bonds. The van der Waals surface area contributed by atoms with Crippen molar-refractivity contribution in [1.29, 1.82) is 0 Å². The van der Waals surface area contributed by atoms with Crippen molar-refractivity contribution in [3.8, 4) is 11.3 Å². The number of carboxylic acid groups (broad SMARTS) is 1. The summed E-state index contributed by atoms with van der Waals surface area (Å²) in [5, 5.41) is 16.1. The van der Waals surface area contributed by atoms with E-state index in [0.717, 1.165) is 34.6 Å². The largest absolute Gasteiger partial charge is 0.480 e. The summed E-state index contributed by atoms with van der Waals surface area (Å²) >= 11 is 0. The maximum absolute atomic E-state index is 11.8. The van der Waals surface area contributed by atoms with Gasteiger partial charge in [-0.05, 0) is 23.3 Å². The summed E-state index contributed by atoms with van der Waals surface area (Å²) in [4.78, 5) is 20.3. The molecule has 160 valence electrons. The monoisotopic (exact) mass is 424 g/mol. The first-order valence-corrected chi connectivity index (χ1v) is 10.4. The van der Waals surface area contributed by atoms with Gasteiger partial charge in [0, 0.05) is 30.3 Å². The summed E-state index contributed by atoms with van der Waals surface area (Å²) in [6.45, 7) is 0.723. The maximum Gasteiger partial charge on any atom is 0.326 e. The third kappa shape index (κ3) is 5.70. The van der Waals surface area contributed by atoms with Crippen LogP contribution < -0.4 is 10.6 Å². The molecule has 0 fully saturated rings. The topological polar surface area (TPSA) is 87.1 Å². The van der Waals surface area contributed by atoms with Crippen molar-refractivity contribution in [1.82, 2.24) is 9.97 Å². The van der Waals surface area contributed by atoms with Gasteiger partial charge in [0.15, 0.2) is 0 Å². The molecule has 0 saturated carbocycles. The Morgan fingerprint density at radius 2 is 1.53 bits per heavy atom. The highest BCUT2D eigenvalue weighted by molar-refractivity contribution is 5.77. The van der Waals surface area contributed by atoms with Gasteiger partial charge in [-0.2, -0.15) is 0 Å². The Kier molecular flexibility index (Phi) is 6.72. The fraction of sp³-hybridized carbons (Fsp3) is 0.115. The predicted molar refractivity (Wildman–Crippen MR) is 126 cm³/mol. The number of rotatable bonds is 9. The van der Waals surface area contributed by atoms with Crippen LogP contribution >= 0.6 is 0 Å². The van der Waals surface area contributed by atoms with Crippen LogP contribution in [0.15, 0.2) is 97.3 Å². The molecule has 1 aromatic heterocycles. The van der Waals surface area contributed by atoms with E-state index in [0.29, 0.717) is 12.2 Å². The summed E-state index contributed by atoms with van der Waals surface area (Å²) < 4.78 is 0. The van der Waals surface area contributed by atoms with Crippen LogP contribution in [0.4, 0.5) is 11.5 Å². The molecule has 3 aromatic carbocycles. The Balaban J connectivity index is 1.43. The van der Waals surface area contributed by atoms with Gasteiger partial charge in [-0.25, -0.2) is 14.8 Å². The van der Waals surface area contributed by atoms with E-state index in [1.165, 1.54) is 6.33 Å². The number of hydrogen-bond donors (Lipinski definition) is 3. The first-order chi connectivity index (χ1) is 15.7. The van der Waals surface area contributed by atoms with Gasteiger partial charge in [0.25, 0.3) is 0 Å². The van der Waals surface area contributed by atoms with Gasteiger partial charge in [-0.3, -0.25) is 0 Å². The normalized spacial score (nSPS) is 11.5. The lowest BCUT2D eigenvalue weighted by atomic mass is 10.1. The zero-order valence-electron chi connectivity index (χ0n) is 17.5. The molecular formula is C26H24N4O2. The highest BCUT2D eigenvalue weighted by Crippen LogP contribution is 2.21. The van der Waals surface area contributed by atoms with Crippen molar-refractivity contribution in [2.24, 2.45) is 0 Å². The third-order valence-corrected chi connectivity index (χ3v) is 5.09. The first kappa shape index (κ1) is 21.1. The van der Waals surface area contributed by atoms with Crippen molar-refractivity contribution in [3.05, 3.63) is 108 Å². The molecule has 1 unspecified atom stereocenters. The van der Waals surface area contributed by atoms with Crippen molar-refractivity contribution >= 4 is 17.5 Å². The summed E-state index contributed by atoms with van der Waals surface area (Å²) in [7, 11) is 0. The van der Waals surface area contributed by atoms with E-state index in [1.807, 2.05) is 72.8 Å². The predicted octanol–water partition coefficient (Wildman–Crippen LogP) is 4.86. The number of anilines is 2. The van der Waals surface area contributed by atoms with Gasteiger partial charge >= 0.3 is 5.97 Å². The van der Waals surface area contributed by atoms with E-state index in [4.69, 9.17) is 0 Å². The molecule has 32 heavy (non-hydrogen) atoms. The van der Waals surface area contributed by atoms with Crippen LogP contribution in [0.3, 0.4) is 0 Å². The second-order valence-corrected chi connectivity index (χ2v) is 7.43. The van der Waals surface area contributed by atoms with Crippen molar-refractivity contribution in [2.45, 2.75) is 19.0 Å². The van der Waals surface area contributed by atoms with E-state index in [1.54, 1.807) is 6.07 Å². The Bertz CT molecular complexity index is 1150. The highest BCUT2D eigenvalue weighted by Gasteiger charge is 2.18.